The van der Waals surface area contributed by atoms with Crippen LogP contribution in [-0.2, 0) is 0 Å². The smallest absolute Gasteiger partial charge is 0.159 e. The lowest BCUT2D eigenvalue weighted by Crippen LogP contribution is -2.18. The molecule has 2 nitrogen and oxygen atoms in total. The van der Waals surface area contributed by atoms with Crippen molar-refractivity contribution in [3.8, 4) is 0 Å². The van der Waals surface area contributed by atoms with Gasteiger partial charge in [0.25, 0.3) is 0 Å². The van der Waals surface area contributed by atoms with Gasteiger partial charge < -0.3 is 4.90 Å². The van der Waals surface area contributed by atoms with Crippen LogP contribution in [-0.4, -0.2) is 18.9 Å². The van der Waals surface area contributed by atoms with E-state index in [0.29, 0.717) is 10.6 Å². The van der Waals surface area contributed by atoms with Crippen molar-refractivity contribution < 1.29 is 4.79 Å². The van der Waals surface area contributed by atoms with Crippen LogP contribution in [0.25, 0.3) is 0 Å². The van der Waals surface area contributed by atoms with Gasteiger partial charge in [-0.25, -0.2) is 0 Å². The lowest BCUT2D eigenvalue weighted by atomic mass is 10.1. The van der Waals surface area contributed by atoms with Crippen LogP contribution in [0.2, 0.25) is 5.02 Å². The molecule has 1 aromatic rings. The normalized spacial score (nSPS) is 15.7. The Labute approximate surface area is 94.8 Å². The lowest BCUT2D eigenvalue weighted by molar-refractivity contribution is 0.101. The monoisotopic (exact) mass is 223 g/mol. The Balaban J connectivity index is 2.29. The zero-order chi connectivity index (χ0) is 10.8. The van der Waals surface area contributed by atoms with Crippen molar-refractivity contribution >= 4 is 23.1 Å². The molecule has 0 atom stereocenters. The molecule has 1 aliphatic rings. The van der Waals surface area contributed by atoms with Crippen LogP contribution >= 0.6 is 11.6 Å². The number of carbonyl (C=O) groups excluding carboxylic acids is 1. The molecule has 0 spiro atoms. The van der Waals surface area contributed by atoms with Gasteiger partial charge in [-0.3, -0.25) is 4.79 Å². The number of benzene rings is 1. The van der Waals surface area contributed by atoms with E-state index < -0.39 is 0 Å². The van der Waals surface area contributed by atoms with Crippen LogP contribution in [0.3, 0.4) is 0 Å². The molecule has 2 rings (SSSR count). The van der Waals surface area contributed by atoms with Crippen LogP contribution in [0.4, 0.5) is 5.69 Å². The summed E-state index contributed by atoms with van der Waals surface area (Å²) in [5.41, 5.74) is 1.74. The summed E-state index contributed by atoms with van der Waals surface area (Å²) in [5.74, 6) is 0.0601. The number of hydrogen-bond donors (Lipinski definition) is 0. The highest BCUT2D eigenvalue weighted by Gasteiger charge is 2.15. The highest BCUT2D eigenvalue weighted by molar-refractivity contribution is 6.33. The second kappa shape index (κ2) is 4.23. The molecule has 3 heteroatoms. The minimum Gasteiger partial charge on any atom is -0.370 e. The Kier molecular flexibility index (Phi) is 2.96. The summed E-state index contributed by atoms with van der Waals surface area (Å²) in [5, 5.41) is 0.685. The highest BCUT2D eigenvalue weighted by Crippen LogP contribution is 2.29. The fourth-order valence-electron chi connectivity index (χ4n) is 1.94. The molecule has 0 radical (unpaired) electrons. The number of ketones is 1. The van der Waals surface area contributed by atoms with Crippen molar-refractivity contribution in [2.24, 2.45) is 0 Å². The summed E-state index contributed by atoms with van der Waals surface area (Å²) >= 11 is 6.16. The van der Waals surface area contributed by atoms with Gasteiger partial charge >= 0.3 is 0 Å². The Morgan fingerprint density at radius 2 is 2.00 bits per heavy atom. The molecular weight excluding hydrogens is 210 g/mol. The molecule has 1 fully saturated rings. The number of Topliss-reactive ketones (excluding diaryl/α,β-unsaturated/α-hetero) is 1. The predicted molar refractivity (Wildman–Crippen MR) is 62.9 cm³/mol. The first kappa shape index (κ1) is 10.5. The van der Waals surface area contributed by atoms with Gasteiger partial charge in [-0.15, -0.1) is 0 Å². The maximum absolute atomic E-state index is 11.2. The van der Waals surface area contributed by atoms with Gasteiger partial charge in [-0.2, -0.15) is 0 Å². The van der Waals surface area contributed by atoms with Gasteiger partial charge in [0.15, 0.2) is 5.78 Å². The van der Waals surface area contributed by atoms with Crippen LogP contribution in [0, 0.1) is 0 Å². The first-order valence-corrected chi connectivity index (χ1v) is 5.62. The number of carbonyl (C=O) groups is 1. The average molecular weight is 224 g/mol. The maximum atomic E-state index is 11.2. The Morgan fingerprint density at radius 1 is 1.33 bits per heavy atom. The molecule has 1 heterocycles. The average Bonchev–Trinajstić information content (AvgIpc) is 2.70. The van der Waals surface area contributed by atoms with E-state index in [0.717, 1.165) is 18.8 Å². The van der Waals surface area contributed by atoms with E-state index in [9.17, 15) is 4.79 Å². The lowest BCUT2D eigenvalue weighted by Gasteiger charge is -2.19. The third kappa shape index (κ3) is 2.15. The third-order valence-electron chi connectivity index (χ3n) is 2.80. The summed E-state index contributed by atoms with van der Waals surface area (Å²) in [7, 11) is 0. The van der Waals surface area contributed by atoms with Gasteiger partial charge in [0.2, 0.25) is 0 Å². The first-order valence-electron chi connectivity index (χ1n) is 5.24. The minimum atomic E-state index is 0.0601. The van der Waals surface area contributed by atoms with Crippen molar-refractivity contribution in [2.75, 3.05) is 18.0 Å². The van der Waals surface area contributed by atoms with E-state index in [2.05, 4.69) is 4.90 Å². The third-order valence-corrected chi connectivity index (χ3v) is 3.10. The SMILES string of the molecule is CC(=O)c1ccc(N2CCCC2)c(Cl)c1. The van der Waals surface area contributed by atoms with Gasteiger partial charge in [0.05, 0.1) is 10.7 Å². The first-order chi connectivity index (χ1) is 7.18. The van der Waals surface area contributed by atoms with Crippen LogP contribution in [0.15, 0.2) is 18.2 Å². The number of rotatable bonds is 2. The molecule has 80 valence electrons. The highest BCUT2D eigenvalue weighted by atomic mass is 35.5. The summed E-state index contributed by atoms with van der Waals surface area (Å²) in [4.78, 5) is 13.4. The van der Waals surface area contributed by atoms with Crippen LogP contribution in [0.1, 0.15) is 30.1 Å². The summed E-state index contributed by atoms with van der Waals surface area (Å²) < 4.78 is 0. The van der Waals surface area contributed by atoms with Gasteiger partial charge in [0.1, 0.15) is 0 Å². The van der Waals surface area contributed by atoms with Gasteiger partial charge in [-0.05, 0) is 38.0 Å². The van der Waals surface area contributed by atoms with Gasteiger partial charge in [-0.1, -0.05) is 11.6 Å². The van der Waals surface area contributed by atoms with E-state index in [4.69, 9.17) is 11.6 Å². The summed E-state index contributed by atoms with van der Waals surface area (Å²) in [6.07, 6.45) is 2.45. The number of hydrogen-bond acceptors (Lipinski definition) is 2. The van der Waals surface area contributed by atoms with Crippen LogP contribution in [0.5, 0.6) is 0 Å². The molecule has 0 unspecified atom stereocenters. The molecule has 0 N–H and O–H groups in total. The van der Waals surface area contributed by atoms with Crippen molar-refractivity contribution in [3.63, 3.8) is 0 Å². The minimum absolute atomic E-state index is 0.0601. The second-order valence-electron chi connectivity index (χ2n) is 3.92. The Bertz CT molecular complexity index is 383. The fraction of sp³-hybridized carbons (Fsp3) is 0.417. The molecule has 0 aromatic heterocycles. The van der Waals surface area contributed by atoms with E-state index in [1.165, 1.54) is 12.8 Å². The standard InChI is InChI=1S/C12H14ClNO/c1-9(15)10-4-5-12(11(13)8-10)14-6-2-3-7-14/h4-5,8H,2-3,6-7H2,1H3. The number of anilines is 1. The van der Waals surface area contributed by atoms with Crippen molar-refractivity contribution in [1.29, 1.82) is 0 Å². The molecular formula is C12H14ClNO. The fourth-order valence-corrected chi connectivity index (χ4v) is 2.24. The molecule has 0 saturated carbocycles. The molecule has 0 aliphatic carbocycles. The molecule has 1 aliphatic heterocycles. The molecule has 0 bridgehead atoms. The maximum Gasteiger partial charge on any atom is 0.159 e. The molecule has 1 saturated heterocycles. The molecule has 1 aromatic carbocycles. The summed E-state index contributed by atoms with van der Waals surface area (Å²) in [6.45, 7) is 3.69. The van der Waals surface area contributed by atoms with Crippen LogP contribution < -0.4 is 4.90 Å². The second-order valence-corrected chi connectivity index (χ2v) is 4.32. The zero-order valence-corrected chi connectivity index (χ0v) is 9.55. The van der Waals surface area contributed by atoms with Crippen molar-refractivity contribution in [2.45, 2.75) is 19.8 Å². The Morgan fingerprint density at radius 3 is 2.53 bits per heavy atom. The number of halogens is 1. The zero-order valence-electron chi connectivity index (χ0n) is 8.79. The summed E-state index contributed by atoms with van der Waals surface area (Å²) in [6, 6.07) is 5.56. The Hall–Kier alpha value is -1.02. The number of nitrogens with zero attached hydrogens (tertiary/aromatic N) is 1. The van der Waals surface area contributed by atoms with Gasteiger partial charge in [0, 0.05) is 18.7 Å². The van der Waals surface area contributed by atoms with E-state index in [1.807, 2.05) is 12.1 Å². The quantitative estimate of drug-likeness (QED) is 0.718. The van der Waals surface area contributed by atoms with E-state index in [-0.39, 0.29) is 5.78 Å². The van der Waals surface area contributed by atoms with Crippen molar-refractivity contribution in [1.82, 2.24) is 0 Å². The van der Waals surface area contributed by atoms with E-state index in [1.54, 1.807) is 13.0 Å². The topological polar surface area (TPSA) is 20.3 Å². The molecule has 0 amide bonds. The molecule has 15 heavy (non-hydrogen) atoms. The van der Waals surface area contributed by atoms with Crippen molar-refractivity contribution in [3.05, 3.63) is 28.8 Å². The largest absolute Gasteiger partial charge is 0.370 e. The predicted octanol–water partition coefficient (Wildman–Crippen LogP) is 3.14. The van der Waals surface area contributed by atoms with E-state index >= 15 is 0 Å².